The van der Waals surface area contributed by atoms with Gasteiger partial charge in [0.2, 0.25) is 0 Å². The molecule has 4 rings (SSSR count). The maximum atomic E-state index is 13.8. The van der Waals surface area contributed by atoms with E-state index in [4.69, 9.17) is 5.73 Å². The van der Waals surface area contributed by atoms with E-state index in [1.807, 2.05) is 0 Å². The molecule has 0 bridgehead atoms. The highest BCUT2D eigenvalue weighted by Gasteiger charge is 2.55. The minimum Gasteiger partial charge on any atom is -0.480 e. The lowest BCUT2D eigenvalue weighted by Gasteiger charge is -2.48. The summed E-state index contributed by atoms with van der Waals surface area (Å²) in [5.41, 5.74) is 5.38. The van der Waals surface area contributed by atoms with Gasteiger partial charge in [0.1, 0.15) is 23.5 Å². The van der Waals surface area contributed by atoms with Gasteiger partial charge >= 0.3 is 5.97 Å². The van der Waals surface area contributed by atoms with Gasteiger partial charge in [0, 0.05) is 35.7 Å². The number of carbonyl (C=O) groups is 3. The first-order valence-electron chi connectivity index (χ1n) is 10.1. The van der Waals surface area contributed by atoms with Crippen molar-refractivity contribution in [2.45, 2.75) is 43.2 Å². The topological polar surface area (TPSA) is 101 Å². The third-order valence-electron chi connectivity index (χ3n) is 6.53. The molecule has 6 nitrogen and oxygen atoms in total. The fraction of sp³-hybridized carbons (Fsp3) is 0.348. The lowest BCUT2D eigenvalue weighted by molar-refractivity contribution is -0.146. The molecule has 0 radical (unpaired) electrons. The summed E-state index contributed by atoms with van der Waals surface area (Å²) in [6, 6.07) is 9.08. The van der Waals surface area contributed by atoms with Crippen LogP contribution in [0.5, 0.6) is 0 Å². The van der Waals surface area contributed by atoms with Crippen LogP contribution < -0.4 is 10.6 Å². The van der Waals surface area contributed by atoms with E-state index < -0.39 is 41.0 Å². The molecule has 4 atom stereocenters. The van der Waals surface area contributed by atoms with Gasteiger partial charge in [0.15, 0.2) is 0 Å². The van der Waals surface area contributed by atoms with Gasteiger partial charge in [-0.2, -0.15) is 0 Å². The summed E-state index contributed by atoms with van der Waals surface area (Å²) in [6.07, 6.45) is 2.09. The summed E-state index contributed by atoms with van der Waals surface area (Å²) in [7, 11) is 0. The number of carboxylic acid groups (broad SMARTS) is 1. The number of fused-ring (bicyclic) bond motifs is 2. The number of hydrogen-bond donors (Lipinski definition) is 2. The molecule has 0 aromatic heterocycles. The summed E-state index contributed by atoms with van der Waals surface area (Å²) in [5, 5.41) is 9.93. The number of halogens is 2. The number of nitrogens with two attached hydrogens (primary N) is 1. The molecule has 31 heavy (non-hydrogen) atoms. The highest BCUT2D eigenvalue weighted by Crippen LogP contribution is 2.53. The standard InChI is InChI=1S/C23H22F2N2O4/c24-14-10-13(11-15(25)12-14)21(29)27-18-6-2-1-4-16(18)20(17-5-3-7-19(17)27)23(26,8-9-28)22(30)31/h1-2,4,6,9-12,17,19-20H,3,5,7-8,26H2,(H,30,31). The Balaban J connectivity index is 1.88. The Hall–Kier alpha value is -3.13. The van der Waals surface area contributed by atoms with E-state index >= 15 is 0 Å². The predicted octanol–water partition coefficient (Wildman–Crippen LogP) is 3.25. The van der Waals surface area contributed by atoms with Crippen molar-refractivity contribution < 1.29 is 28.3 Å². The Labute approximate surface area is 177 Å². The first-order valence-corrected chi connectivity index (χ1v) is 10.1. The number of aldehydes is 1. The first-order chi connectivity index (χ1) is 14.8. The molecule has 3 N–H and O–H groups in total. The normalized spacial score (nSPS) is 24.1. The van der Waals surface area contributed by atoms with E-state index in [1.165, 1.54) is 4.90 Å². The number of anilines is 1. The Morgan fingerprint density at radius 3 is 2.48 bits per heavy atom. The van der Waals surface area contributed by atoms with Crippen molar-refractivity contribution in [2.75, 3.05) is 4.90 Å². The molecule has 4 unspecified atom stereocenters. The number of rotatable bonds is 5. The zero-order valence-electron chi connectivity index (χ0n) is 16.6. The maximum Gasteiger partial charge on any atom is 0.324 e. The van der Waals surface area contributed by atoms with E-state index in [2.05, 4.69) is 0 Å². The predicted molar refractivity (Wildman–Crippen MR) is 109 cm³/mol. The Bertz CT molecular complexity index is 1040. The molecule has 1 heterocycles. The number of carbonyl (C=O) groups excluding carboxylic acids is 2. The van der Waals surface area contributed by atoms with Crippen LogP contribution in [0.4, 0.5) is 14.5 Å². The third kappa shape index (κ3) is 3.40. The van der Waals surface area contributed by atoms with E-state index in [-0.39, 0.29) is 17.9 Å². The first kappa shape index (κ1) is 21.1. The second-order valence-corrected chi connectivity index (χ2v) is 8.25. The molecule has 1 saturated carbocycles. The van der Waals surface area contributed by atoms with Crippen LogP contribution in [0.15, 0.2) is 42.5 Å². The van der Waals surface area contributed by atoms with Crippen LogP contribution >= 0.6 is 0 Å². The minimum absolute atomic E-state index is 0.124. The van der Waals surface area contributed by atoms with Crippen molar-refractivity contribution in [3.05, 3.63) is 65.2 Å². The van der Waals surface area contributed by atoms with Gasteiger partial charge in [0.05, 0.1) is 0 Å². The van der Waals surface area contributed by atoms with Gasteiger partial charge in [-0.05, 0) is 42.5 Å². The number of para-hydroxylation sites is 1. The number of hydrogen-bond acceptors (Lipinski definition) is 4. The molecule has 2 aliphatic rings. The fourth-order valence-corrected chi connectivity index (χ4v) is 5.28. The molecule has 1 aliphatic carbocycles. The fourth-order valence-electron chi connectivity index (χ4n) is 5.28. The molecule has 1 fully saturated rings. The average Bonchev–Trinajstić information content (AvgIpc) is 3.19. The van der Waals surface area contributed by atoms with Crippen LogP contribution in [-0.4, -0.2) is 34.8 Å². The lowest BCUT2D eigenvalue weighted by atomic mass is 9.66. The van der Waals surface area contributed by atoms with Gasteiger partial charge in [-0.3, -0.25) is 9.59 Å². The van der Waals surface area contributed by atoms with Crippen molar-refractivity contribution in [2.24, 2.45) is 11.7 Å². The van der Waals surface area contributed by atoms with Crippen LogP contribution in [0.25, 0.3) is 0 Å². The van der Waals surface area contributed by atoms with Crippen molar-refractivity contribution in [3.8, 4) is 0 Å². The summed E-state index contributed by atoms with van der Waals surface area (Å²) >= 11 is 0. The quantitative estimate of drug-likeness (QED) is 0.712. The second kappa shape index (κ2) is 7.85. The molecule has 1 aliphatic heterocycles. The number of aliphatic carboxylic acids is 1. The summed E-state index contributed by atoms with van der Waals surface area (Å²) in [4.78, 5) is 38.4. The van der Waals surface area contributed by atoms with Crippen LogP contribution in [0, 0.1) is 17.6 Å². The van der Waals surface area contributed by atoms with Crippen molar-refractivity contribution in [1.82, 2.24) is 0 Å². The smallest absolute Gasteiger partial charge is 0.324 e. The highest BCUT2D eigenvalue weighted by molar-refractivity contribution is 6.07. The molecular formula is C23H22F2N2O4. The molecule has 1 amide bonds. The highest BCUT2D eigenvalue weighted by atomic mass is 19.1. The van der Waals surface area contributed by atoms with Gasteiger partial charge in [-0.15, -0.1) is 0 Å². The van der Waals surface area contributed by atoms with Crippen molar-refractivity contribution in [1.29, 1.82) is 0 Å². The van der Waals surface area contributed by atoms with Crippen molar-refractivity contribution >= 4 is 23.9 Å². The van der Waals surface area contributed by atoms with Crippen LogP contribution in [0.2, 0.25) is 0 Å². The zero-order chi connectivity index (χ0) is 22.3. The summed E-state index contributed by atoms with van der Waals surface area (Å²) in [5.74, 6) is -4.54. The van der Waals surface area contributed by atoms with Crippen LogP contribution in [0.3, 0.4) is 0 Å². The number of nitrogens with zero attached hydrogens (tertiary/aromatic N) is 1. The van der Waals surface area contributed by atoms with E-state index in [9.17, 15) is 28.3 Å². The molecule has 0 saturated heterocycles. The molecule has 2 aromatic rings. The summed E-state index contributed by atoms with van der Waals surface area (Å²) < 4.78 is 27.6. The number of amides is 1. The number of benzene rings is 2. The van der Waals surface area contributed by atoms with E-state index in [0.29, 0.717) is 36.4 Å². The molecule has 8 heteroatoms. The van der Waals surface area contributed by atoms with Crippen LogP contribution in [-0.2, 0) is 9.59 Å². The molecular weight excluding hydrogens is 406 g/mol. The Kier molecular flexibility index (Phi) is 5.35. The van der Waals surface area contributed by atoms with E-state index in [0.717, 1.165) is 18.6 Å². The van der Waals surface area contributed by atoms with Gasteiger partial charge in [0.25, 0.3) is 5.91 Å². The zero-order valence-corrected chi connectivity index (χ0v) is 16.6. The van der Waals surface area contributed by atoms with Gasteiger partial charge in [-0.25, -0.2) is 8.78 Å². The minimum atomic E-state index is -1.83. The Morgan fingerprint density at radius 2 is 1.84 bits per heavy atom. The third-order valence-corrected chi connectivity index (χ3v) is 6.53. The van der Waals surface area contributed by atoms with Crippen LogP contribution in [0.1, 0.15) is 47.5 Å². The lowest BCUT2D eigenvalue weighted by Crippen LogP contribution is -2.60. The average molecular weight is 428 g/mol. The van der Waals surface area contributed by atoms with Gasteiger partial charge < -0.3 is 20.5 Å². The number of carboxylic acids is 1. The maximum absolute atomic E-state index is 13.8. The molecule has 0 spiro atoms. The Morgan fingerprint density at radius 1 is 1.16 bits per heavy atom. The SMILES string of the molecule is NC(CC=O)(C(=O)O)C1c2ccccc2N(C(=O)c2cc(F)cc(F)c2)C2CCCC21. The molecule has 2 aromatic carbocycles. The van der Waals surface area contributed by atoms with Crippen molar-refractivity contribution in [3.63, 3.8) is 0 Å². The van der Waals surface area contributed by atoms with E-state index in [1.54, 1.807) is 24.3 Å². The summed E-state index contributed by atoms with van der Waals surface area (Å²) in [6.45, 7) is 0. The monoisotopic (exact) mass is 428 g/mol. The second-order valence-electron chi connectivity index (χ2n) is 8.25. The van der Waals surface area contributed by atoms with Gasteiger partial charge in [-0.1, -0.05) is 24.6 Å². The molecule has 162 valence electrons. The largest absolute Gasteiger partial charge is 0.480 e.